The zero-order chi connectivity index (χ0) is 25.1. The van der Waals surface area contributed by atoms with E-state index in [1.54, 1.807) is 17.0 Å². The van der Waals surface area contributed by atoms with Crippen molar-refractivity contribution in [1.82, 2.24) is 20.4 Å². The number of morpholine rings is 1. The van der Waals surface area contributed by atoms with Crippen LogP contribution in [-0.2, 0) is 11.2 Å². The number of hydrogen-bond acceptors (Lipinski definition) is 7. The summed E-state index contributed by atoms with van der Waals surface area (Å²) in [6.45, 7) is 6.19. The van der Waals surface area contributed by atoms with Gasteiger partial charge >= 0.3 is 6.03 Å². The van der Waals surface area contributed by atoms with Gasteiger partial charge in [0.25, 0.3) is 5.89 Å². The molecule has 2 aromatic carbocycles. The molecule has 1 aliphatic carbocycles. The smallest absolute Gasteiger partial charge is 0.318 e. The van der Waals surface area contributed by atoms with Crippen LogP contribution in [0.4, 0.5) is 4.79 Å². The van der Waals surface area contributed by atoms with Crippen molar-refractivity contribution in [3.63, 3.8) is 0 Å². The first kappa shape index (κ1) is 23.8. The molecule has 5 rings (SSSR count). The molecule has 2 aliphatic rings. The van der Waals surface area contributed by atoms with E-state index in [4.69, 9.17) is 14.0 Å². The average Bonchev–Trinajstić information content (AvgIpc) is 3.39. The number of nitrogens with one attached hydrogen (secondary N) is 1. The van der Waals surface area contributed by atoms with Gasteiger partial charge in [0.15, 0.2) is 0 Å². The summed E-state index contributed by atoms with van der Waals surface area (Å²) in [6, 6.07) is 13.3. The monoisotopic (exact) mass is 487 g/mol. The topological polar surface area (TPSA) is 114 Å². The summed E-state index contributed by atoms with van der Waals surface area (Å²) in [4.78, 5) is 19.3. The fraction of sp³-hybridized carbons (Fsp3) is 0.407. The number of carbonyl (C=O) groups is 1. The molecule has 186 valence electrons. The summed E-state index contributed by atoms with van der Waals surface area (Å²) in [5, 5.41) is 17.0. The van der Waals surface area contributed by atoms with E-state index in [-0.39, 0.29) is 18.2 Å². The third kappa shape index (κ3) is 4.90. The van der Waals surface area contributed by atoms with Gasteiger partial charge in [-0.25, -0.2) is 4.79 Å². The molecule has 1 N–H and O–H groups in total. The first-order valence-electron chi connectivity index (χ1n) is 12.3. The van der Waals surface area contributed by atoms with Crippen LogP contribution in [-0.4, -0.2) is 53.5 Å². The lowest BCUT2D eigenvalue weighted by molar-refractivity contribution is 0.0523. The van der Waals surface area contributed by atoms with Crippen LogP contribution >= 0.6 is 0 Å². The molecule has 9 heteroatoms. The Kier molecular flexibility index (Phi) is 6.87. The minimum Gasteiger partial charge on any atom is -0.490 e. The second-order valence-corrected chi connectivity index (χ2v) is 9.28. The Balaban J connectivity index is 1.40. The number of ether oxygens (including phenoxy) is 2. The van der Waals surface area contributed by atoms with Gasteiger partial charge in [0, 0.05) is 24.2 Å². The molecule has 36 heavy (non-hydrogen) atoms. The lowest BCUT2D eigenvalue weighted by Gasteiger charge is -2.32. The lowest BCUT2D eigenvalue weighted by atomic mass is 9.84. The Hall–Kier alpha value is -3.90. The number of hydrogen-bond donors (Lipinski definition) is 1. The van der Waals surface area contributed by atoms with Gasteiger partial charge in [-0.1, -0.05) is 23.4 Å². The predicted octanol–water partition coefficient (Wildman–Crippen LogP) is 4.48. The molecule has 1 saturated heterocycles. The summed E-state index contributed by atoms with van der Waals surface area (Å²) in [6.07, 6.45) is 2.67. The van der Waals surface area contributed by atoms with Crippen molar-refractivity contribution in [2.45, 2.75) is 45.3 Å². The van der Waals surface area contributed by atoms with Gasteiger partial charge < -0.3 is 24.2 Å². The van der Waals surface area contributed by atoms with Crippen molar-refractivity contribution >= 4 is 6.03 Å². The number of urea groups is 1. The SMILES string of the molecule is CC(C)Oc1ccc(-c2nc(-c3cccc4c3CCC[C@@H]4NC(=O)N3CCOCC3)no2)cc1C#N. The predicted molar refractivity (Wildman–Crippen MR) is 132 cm³/mol. The molecule has 0 radical (unpaired) electrons. The second kappa shape index (κ2) is 10.4. The highest BCUT2D eigenvalue weighted by molar-refractivity contribution is 5.75. The minimum absolute atomic E-state index is 0.0373. The maximum absolute atomic E-state index is 12.8. The summed E-state index contributed by atoms with van der Waals surface area (Å²) in [5.74, 6) is 1.35. The first-order valence-corrected chi connectivity index (χ1v) is 12.3. The van der Waals surface area contributed by atoms with Gasteiger partial charge in [-0.15, -0.1) is 0 Å². The van der Waals surface area contributed by atoms with E-state index in [9.17, 15) is 10.1 Å². The normalized spacial score (nSPS) is 17.4. The van der Waals surface area contributed by atoms with E-state index >= 15 is 0 Å². The van der Waals surface area contributed by atoms with Crippen LogP contribution in [0.2, 0.25) is 0 Å². The number of aromatic nitrogens is 2. The maximum Gasteiger partial charge on any atom is 0.318 e. The Labute approximate surface area is 210 Å². The van der Waals surface area contributed by atoms with Crippen LogP contribution in [0, 0.1) is 11.3 Å². The van der Waals surface area contributed by atoms with E-state index in [0.717, 1.165) is 36.0 Å². The number of nitrogens with zero attached hydrogens (tertiary/aromatic N) is 4. The highest BCUT2D eigenvalue weighted by atomic mass is 16.5. The van der Waals surface area contributed by atoms with Gasteiger partial charge in [0.2, 0.25) is 5.82 Å². The van der Waals surface area contributed by atoms with E-state index in [2.05, 4.69) is 27.6 Å². The molecule has 2 amide bonds. The second-order valence-electron chi connectivity index (χ2n) is 9.28. The molecule has 0 bridgehead atoms. The summed E-state index contributed by atoms with van der Waals surface area (Å²) < 4.78 is 16.7. The van der Waals surface area contributed by atoms with Crippen LogP contribution < -0.4 is 10.1 Å². The average molecular weight is 488 g/mol. The summed E-state index contributed by atoms with van der Waals surface area (Å²) in [5.41, 5.74) is 4.18. The van der Waals surface area contributed by atoms with Crippen molar-refractivity contribution < 1.29 is 18.8 Å². The number of benzene rings is 2. The van der Waals surface area contributed by atoms with E-state index in [0.29, 0.717) is 54.9 Å². The summed E-state index contributed by atoms with van der Waals surface area (Å²) in [7, 11) is 0. The highest BCUT2D eigenvalue weighted by Gasteiger charge is 2.27. The van der Waals surface area contributed by atoms with Crippen molar-refractivity contribution in [3.05, 3.63) is 53.1 Å². The Morgan fingerprint density at radius 2 is 2.08 bits per heavy atom. The van der Waals surface area contributed by atoms with Crippen molar-refractivity contribution in [3.8, 4) is 34.7 Å². The maximum atomic E-state index is 12.8. The number of amides is 2. The number of fused-ring (bicyclic) bond motifs is 1. The molecular weight excluding hydrogens is 458 g/mol. The quantitative estimate of drug-likeness (QED) is 0.564. The van der Waals surface area contributed by atoms with Crippen LogP contribution in [0.15, 0.2) is 40.9 Å². The van der Waals surface area contributed by atoms with Crippen molar-refractivity contribution in [1.29, 1.82) is 5.26 Å². The van der Waals surface area contributed by atoms with Crippen LogP contribution in [0.25, 0.3) is 22.8 Å². The molecule has 1 atom stereocenters. The standard InChI is InChI=1S/C27H29N5O4/c1-17(2)35-24-10-9-18(15-19(24)16-28)26-30-25(31-36-26)22-7-3-6-21-20(22)5-4-8-23(21)29-27(33)32-11-13-34-14-12-32/h3,6-7,9-10,15,17,23H,4-5,8,11-14H2,1-2H3,(H,29,33)/t23-/m0/s1. The molecule has 0 spiro atoms. The van der Waals surface area contributed by atoms with E-state index in [1.165, 1.54) is 0 Å². The molecule has 0 saturated carbocycles. The number of rotatable bonds is 5. The zero-order valence-corrected chi connectivity index (χ0v) is 20.5. The van der Waals surface area contributed by atoms with Gasteiger partial charge in [-0.3, -0.25) is 0 Å². The van der Waals surface area contributed by atoms with Crippen molar-refractivity contribution in [2.24, 2.45) is 0 Å². The third-order valence-electron chi connectivity index (χ3n) is 6.48. The highest BCUT2D eigenvalue weighted by Crippen LogP contribution is 2.36. The third-order valence-corrected chi connectivity index (χ3v) is 6.48. The van der Waals surface area contributed by atoms with Gasteiger partial charge in [0.05, 0.1) is 30.9 Å². The molecule has 2 heterocycles. The zero-order valence-electron chi connectivity index (χ0n) is 20.5. The van der Waals surface area contributed by atoms with E-state index in [1.807, 2.05) is 32.0 Å². The minimum atomic E-state index is -0.0675. The largest absolute Gasteiger partial charge is 0.490 e. The van der Waals surface area contributed by atoms with Crippen LogP contribution in [0.1, 0.15) is 49.4 Å². The van der Waals surface area contributed by atoms with Gasteiger partial charge in [-0.05, 0) is 62.4 Å². The van der Waals surface area contributed by atoms with Gasteiger partial charge in [-0.2, -0.15) is 10.2 Å². The Morgan fingerprint density at radius 3 is 2.86 bits per heavy atom. The van der Waals surface area contributed by atoms with Crippen LogP contribution in [0.3, 0.4) is 0 Å². The lowest BCUT2D eigenvalue weighted by Crippen LogP contribution is -2.47. The van der Waals surface area contributed by atoms with Crippen LogP contribution in [0.5, 0.6) is 5.75 Å². The molecule has 9 nitrogen and oxygen atoms in total. The van der Waals surface area contributed by atoms with Gasteiger partial charge in [0.1, 0.15) is 11.8 Å². The first-order chi connectivity index (χ1) is 17.5. The Morgan fingerprint density at radius 1 is 1.25 bits per heavy atom. The molecule has 1 aliphatic heterocycles. The molecule has 3 aromatic rings. The Bertz CT molecular complexity index is 1290. The fourth-order valence-electron chi connectivity index (χ4n) is 4.77. The van der Waals surface area contributed by atoms with E-state index < -0.39 is 0 Å². The molecule has 1 aromatic heterocycles. The van der Waals surface area contributed by atoms with Crippen molar-refractivity contribution in [2.75, 3.05) is 26.3 Å². The molecule has 0 unspecified atom stereocenters. The number of carbonyl (C=O) groups excluding carboxylic acids is 1. The molecular formula is C27H29N5O4. The summed E-state index contributed by atoms with van der Waals surface area (Å²) >= 11 is 0. The molecule has 1 fully saturated rings. The number of nitriles is 1. The fourth-order valence-corrected chi connectivity index (χ4v) is 4.77.